The molecule has 0 radical (unpaired) electrons. The summed E-state index contributed by atoms with van der Waals surface area (Å²) in [6, 6.07) is 12.6. The van der Waals surface area contributed by atoms with E-state index in [4.69, 9.17) is 4.74 Å². The van der Waals surface area contributed by atoms with E-state index in [1.807, 2.05) is 18.6 Å². The third-order valence-corrected chi connectivity index (χ3v) is 6.95. The number of carbonyl (C=O) groups is 1. The van der Waals surface area contributed by atoms with Crippen molar-refractivity contribution < 1.29 is 31.1 Å². The number of carbonyl (C=O) groups excluding carboxylic acids is 1. The summed E-state index contributed by atoms with van der Waals surface area (Å²) in [6.07, 6.45) is -3.35. The van der Waals surface area contributed by atoms with Crippen LogP contribution < -0.4 is 10.0 Å². The van der Waals surface area contributed by atoms with Crippen molar-refractivity contribution in [3.63, 3.8) is 0 Å². The maximum absolute atomic E-state index is 13.6. The molecule has 9 nitrogen and oxygen atoms in total. The number of aromatic nitrogens is 3. The molecular weight excluding hydrogens is 547 g/mol. The second kappa shape index (κ2) is 11.6. The van der Waals surface area contributed by atoms with Crippen molar-refractivity contribution in [3.8, 4) is 11.4 Å². The van der Waals surface area contributed by atoms with Crippen LogP contribution in [0.2, 0.25) is 0 Å². The molecule has 0 unspecified atom stereocenters. The van der Waals surface area contributed by atoms with Crippen LogP contribution in [0.1, 0.15) is 32.0 Å². The number of alkyl halides is 3. The zero-order valence-electron chi connectivity index (χ0n) is 21.8. The minimum atomic E-state index is -4.62. The Hall–Kier alpha value is -4.10. The van der Waals surface area contributed by atoms with Gasteiger partial charge in [0.1, 0.15) is 5.69 Å². The van der Waals surface area contributed by atoms with Gasteiger partial charge in [0.2, 0.25) is 5.91 Å². The van der Waals surface area contributed by atoms with E-state index in [9.17, 15) is 26.4 Å². The van der Waals surface area contributed by atoms with Gasteiger partial charge in [-0.25, -0.2) is 23.1 Å². The first-order valence-electron chi connectivity index (χ1n) is 12.1. The molecule has 0 aliphatic rings. The number of ether oxygens (including phenoxy) is 1. The van der Waals surface area contributed by atoms with Gasteiger partial charge in [-0.3, -0.25) is 9.78 Å². The highest BCUT2D eigenvalue weighted by Crippen LogP contribution is 2.36. The van der Waals surface area contributed by atoms with Crippen LogP contribution in [0, 0.1) is 5.92 Å². The second-order valence-corrected chi connectivity index (χ2v) is 11.0. The van der Waals surface area contributed by atoms with Gasteiger partial charge in [0.25, 0.3) is 10.0 Å². The molecule has 2 N–H and O–H groups in total. The van der Waals surface area contributed by atoms with E-state index in [1.165, 1.54) is 42.6 Å². The van der Waals surface area contributed by atoms with Gasteiger partial charge >= 0.3 is 6.18 Å². The Labute approximate surface area is 228 Å². The van der Waals surface area contributed by atoms with Crippen LogP contribution in [0.5, 0.6) is 0 Å². The number of rotatable bonds is 9. The molecule has 0 spiro atoms. The van der Waals surface area contributed by atoms with E-state index in [0.29, 0.717) is 29.1 Å². The summed E-state index contributed by atoms with van der Waals surface area (Å²) < 4.78 is 73.0. The molecule has 4 aromatic rings. The summed E-state index contributed by atoms with van der Waals surface area (Å²) in [7, 11) is -4.00. The zero-order chi connectivity index (χ0) is 29.1. The lowest BCUT2D eigenvalue weighted by atomic mass is 10.1. The number of halogens is 3. The number of pyridine rings is 3. The lowest BCUT2D eigenvalue weighted by molar-refractivity contribution is -0.137. The van der Waals surface area contributed by atoms with Gasteiger partial charge in [-0.1, -0.05) is 13.8 Å². The number of sulfonamides is 1. The Bertz CT molecular complexity index is 1640. The number of hydrogen-bond acceptors (Lipinski definition) is 8. The molecule has 0 atom stereocenters. The minimum absolute atomic E-state index is 0.00616. The van der Waals surface area contributed by atoms with E-state index < -0.39 is 27.7 Å². The summed E-state index contributed by atoms with van der Waals surface area (Å²) in [5, 5.41) is 3.70. The Morgan fingerprint density at radius 2 is 1.77 bits per heavy atom. The SMILES string of the molecule is CC(=O)NS(=O)(=O)c1ccc(Nc2cc(COCC(C)C)nc3nc(-c4ncccc4C(F)(F)F)ccc23)cc1. The number of hydrogen-bond donors (Lipinski definition) is 2. The molecule has 3 heterocycles. The number of benzene rings is 1. The maximum atomic E-state index is 13.6. The van der Waals surface area contributed by atoms with Crippen LogP contribution in [0.4, 0.5) is 24.5 Å². The van der Waals surface area contributed by atoms with Crippen molar-refractivity contribution in [3.05, 3.63) is 72.1 Å². The molecule has 13 heteroatoms. The van der Waals surface area contributed by atoms with Gasteiger partial charge in [-0.05, 0) is 60.5 Å². The quantitative estimate of drug-likeness (QED) is 0.271. The van der Waals surface area contributed by atoms with Crippen LogP contribution in [-0.2, 0) is 32.3 Å². The van der Waals surface area contributed by atoms with E-state index >= 15 is 0 Å². The summed E-state index contributed by atoms with van der Waals surface area (Å²) in [6.45, 7) is 5.70. The fourth-order valence-electron chi connectivity index (χ4n) is 3.82. The third kappa shape index (κ3) is 6.90. The maximum Gasteiger partial charge on any atom is 0.418 e. The molecule has 0 bridgehead atoms. The molecule has 40 heavy (non-hydrogen) atoms. The van der Waals surface area contributed by atoms with Gasteiger partial charge in [0, 0.05) is 30.8 Å². The van der Waals surface area contributed by atoms with E-state index in [-0.39, 0.29) is 34.5 Å². The van der Waals surface area contributed by atoms with Crippen LogP contribution in [0.3, 0.4) is 0 Å². The third-order valence-electron chi connectivity index (χ3n) is 5.50. The molecular formula is C27H26F3N5O4S. The summed E-state index contributed by atoms with van der Waals surface area (Å²) in [5.41, 5.74) is 0.484. The van der Waals surface area contributed by atoms with Crippen LogP contribution in [0.25, 0.3) is 22.4 Å². The molecule has 1 amide bonds. The first kappa shape index (κ1) is 28.9. The Morgan fingerprint density at radius 1 is 1.05 bits per heavy atom. The van der Waals surface area contributed by atoms with Crippen molar-refractivity contribution in [2.45, 2.75) is 38.4 Å². The number of amides is 1. The lowest BCUT2D eigenvalue weighted by Gasteiger charge is -2.15. The highest BCUT2D eigenvalue weighted by molar-refractivity contribution is 7.90. The first-order chi connectivity index (χ1) is 18.8. The van der Waals surface area contributed by atoms with Gasteiger partial charge in [-0.15, -0.1) is 0 Å². The summed E-state index contributed by atoms with van der Waals surface area (Å²) in [4.78, 5) is 24.0. The van der Waals surface area contributed by atoms with Gasteiger partial charge in [-0.2, -0.15) is 13.2 Å². The fourth-order valence-corrected chi connectivity index (χ4v) is 4.81. The number of anilines is 2. The molecule has 0 saturated heterocycles. The van der Waals surface area contributed by atoms with E-state index in [1.54, 1.807) is 12.1 Å². The van der Waals surface area contributed by atoms with Crippen molar-refractivity contribution in [1.29, 1.82) is 0 Å². The van der Waals surface area contributed by atoms with Crippen molar-refractivity contribution >= 4 is 38.3 Å². The Kier molecular flexibility index (Phi) is 8.35. The molecule has 210 valence electrons. The first-order valence-corrected chi connectivity index (χ1v) is 13.6. The smallest absolute Gasteiger partial charge is 0.375 e. The minimum Gasteiger partial charge on any atom is -0.375 e. The lowest BCUT2D eigenvalue weighted by Crippen LogP contribution is -2.28. The fraction of sp³-hybridized carbons (Fsp3) is 0.259. The normalized spacial score (nSPS) is 12.1. The Balaban J connectivity index is 1.74. The van der Waals surface area contributed by atoms with Crippen molar-refractivity contribution in [1.82, 2.24) is 19.7 Å². The predicted molar refractivity (Wildman–Crippen MR) is 143 cm³/mol. The number of nitrogens with one attached hydrogen (secondary N) is 2. The largest absolute Gasteiger partial charge is 0.418 e. The zero-order valence-corrected chi connectivity index (χ0v) is 22.6. The van der Waals surface area contributed by atoms with E-state index in [2.05, 4.69) is 20.3 Å². The highest BCUT2D eigenvalue weighted by Gasteiger charge is 2.34. The topological polar surface area (TPSA) is 123 Å². The average Bonchev–Trinajstić information content (AvgIpc) is 2.87. The predicted octanol–water partition coefficient (Wildman–Crippen LogP) is 5.45. The molecule has 0 fully saturated rings. The molecule has 1 aromatic carbocycles. The highest BCUT2D eigenvalue weighted by atomic mass is 32.2. The molecule has 3 aromatic heterocycles. The molecule has 0 saturated carbocycles. The Morgan fingerprint density at radius 3 is 2.42 bits per heavy atom. The monoisotopic (exact) mass is 573 g/mol. The number of fused-ring (bicyclic) bond motifs is 1. The van der Waals surface area contributed by atoms with Crippen molar-refractivity contribution in [2.24, 2.45) is 5.92 Å². The van der Waals surface area contributed by atoms with Crippen LogP contribution >= 0.6 is 0 Å². The van der Waals surface area contributed by atoms with Gasteiger partial charge < -0.3 is 10.1 Å². The van der Waals surface area contributed by atoms with E-state index in [0.717, 1.165) is 13.0 Å². The second-order valence-electron chi connectivity index (χ2n) is 9.35. The molecule has 0 aliphatic carbocycles. The van der Waals surface area contributed by atoms with Gasteiger partial charge in [0.05, 0.1) is 34.1 Å². The van der Waals surface area contributed by atoms with Crippen LogP contribution in [0.15, 0.2) is 65.7 Å². The average molecular weight is 574 g/mol. The summed E-state index contributed by atoms with van der Waals surface area (Å²) in [5.74, 6) is -0.433. The van der Waals surface area contributed by atoms with Crippen molar-refractivity contribution in [2.75, 3.05) is 11.9 Å². The standard InChI is InChI=1S/C27H26F3N5O4S/c1-16(2)14-39-15-19-13-24(32-18-6-8-20(9-7-18)40(37,38)35-17(3)36)21-10-11-23(34-26(21)33-19)25-22(27(28,29)30)5-4-12-31-25/h4-13,16H,14-15H2,1-3H3,(H,35,36)(H,32,33,34). The number of nitrogens with zero attached hydrogens (tertiary/aromatic N) is 3. The van der Waals surface area contributed by atoms with Crippen LogP contribution in [-0.4, -0.2) is 35.9 Å². The van der Waals surface area contributed by atoms with Gasteiger partial charge in [0.15, 0.2) is 5.65 Å². The molecule has 0 aliphatic heterocycles. The molecule has 4 rings (SSSR count). The summed E-state index contributed by atoms with van der Waals surface area (Å²) >= 11 is 0.